The zero-order chi connectivity index (χ0) is 13.4. The quantitative estimate of drug-likeness (QED) is 0.733. The molecule has 0 radical (unpaired) electrons. The topological polar surface area (TPSA) is 39.1 Å². The van der Waals surface area contributed by atoms with Gasteiger partial charge in [0, 0.05) is 25.9 Å². The maximum absolute atomic E-state index is 5.62. The fourth-order valence-corrected chi connectivity index (χ4v) is 2.30. The highest BCUT2D eigenvalue weighted by Crippen LogP contribution is 2.12. The first kappa shape index (κ1) is 15.2. The smallest absolute Gasteiger partial charge is 0.0727 e. The second kappa shape index (κ2) is 8.27. The first-order valence-electron chi connectivity index (χ1n) is 7.02. The SMILES string of the molecule is CCCC(OC)C(Cc1cnn(CC)c1)NCC. The summed E-state index contributed by atoms with van der Waals surface area (Å²) in [6.07, 6.45) is 7.59. The van der Waals surface area contributed by atoms with Crippen LogP contribution in [0.3, 0.4) is 0 Å². The molecule has 1 heterocycles. The van der Waals surface area contributed by atoms with E-state index in [4.69, 9.17) is 4.74 Å². The van der Waals surface area contributed by atoms with Crippen LogP contribution in [-0.4, -0.2) is 35.6 Å². The highest BCUT2D eigenvalue weighted by molar-refractivity contribution is 5.07. The fraction of sp³-hybridized carbons (Fsp3) is 0.786. The largest absolute Gasteiger partial charge is 0.380 e. The molecule has 1 N–H and O–H groups in total. The van der Waals surface area contributed by atoms with Crippen molar-refractivity contribution in [1.82, 2.24) is 15.1 Å². The van der Waals surface area contributed by atoms with Crippen molar-refractivity contribution >= 4 is 0 Å². The first-order valence-corrected chi connectivity index (χ1v) is 7.02. The van der Waals surface area contributed by atoms with Gasteiger partial charge in [-0.15, -0.1) is 0 Å². The lowest BCUT2D eigenvalue weighted by atomic mass is 10.00. The highest BCUT2D eigenvalue weighted by Gasteiger charge is 2.20. The molecule has 1 aromatic heterocycles. The molecule has 0 amide bonds. The Kier molecular flexibility index (Phi) is 6.98. The number of hydrogen-bond donors (Lipinski definition) is 1. The van der Waals surface area contributed by atoms with Gasteiger partial charge in [-0.05, 0) is 31.9 Å². The molecule has 0 saturated carbocycles. The monoisotopic (exact) mass is 253 g/mol. The summed E-state index contributed by atoms with van der Waals surface area (Å²) < 4.78 is 7.59. The number of nitrogens with zero attached hydrogens (tertiary/aromatic N) is 2. The van der Waals surface area contributed by atoms with Crippen LogP contribution < -0.4 is 5.32 Å². The molecule has 2 atom stereocenters. The molecule has 0 aliphatic rings. The minimum absolute atomic E-state index is 0.278. The lowest BCUT2D eigenvalue weighted by Crippen LogP contribution is -2.42. The molecule has 0 aliphatic carbocycles. The Labute approximate surface area is 111 Å². The molecule has 4 nitrogen and oxygen atoms in total. The van der Waals surface area contributed by atoms with Crippen molar-refractivity contribution < 1.29 is 4.74 Å². The molecular formula is C14H27N3O. The third-order valence-electron chi connectivity index (χ3n) is 3.26. The van der Waals surface area contributed by atoms with Gasteiger partial charge in [0.05, 0.1) is 12.3 Å². The minimum atomic E-state index is 0.278. The van der Waals surface area contributed by atoms with Crippen molar-refractivity contribution in [1.29, 1.82) is 0 Å². The molecule has 4 heteroatoms. The lowest BCUT2D eigenvalue weighted by molar-refractivity contribution is 0.0614. The number of aromatic nitrogens is 2. The van der Waals surface area contributed by atoms with E-state index in [1.54, 1.807) is 7.11 Å². The van der Waals surface area contributed by atoms with Crippen LogP contribution >= 0.6 is 0 Å². The summed E-state index contributed by atoms with van der Waals surface area (Å²) in [5.41, 5.74) is 1.28. The van der Waals surface area contributed by atoms with Gasteiger partial charge in [0.15, 0.2) is 0 Å². The van der Waals surface area contributed by atoms with Crippen LogP contribution in [0.15, 0.2) is 12.4 Å². The van der Waals surface area contributed by atoms with Gasteiger partial charge in [-0.2, -0.15) is 5.10 Å². The Hall–Kier alpha value is -0.870. The molecule has 0 aromatic carbocycles. The molecule has 0 spiro atoms. The number of nitrogens with one attached hydrogen (secondary N) is 1. The van der Waals surface area contributed by atoms with Gasteiger partial charge in [-0.25, -0.2) is 0 Å². The van der Waals surface area contributed by atoms with Gasteiger partial charge in [0.25, 0.3) is 0 Å². The summed E-state index contributed by atoms with van der Waals surface area (Å²) in [6, 6.07) is 0.370. The van der Waals surface area contributed by atoms with Crippen LogP contribution in [0.4, 0.5) is 0 Å². The van der Waals surface area contributed by atoms with E-state index in [0.717, 1.165) is 32.4 Å². The molecule has 18 heavy (non-hydrogen) atoms. The maximum Gasteiger partial charge on any atom is 0.0727 e. The van der Waals surface area contributed by atoms with Gasteiger partial charge >= 0.3 is 0 Å². The van der Waals surface area contributed by atoms with Crippen LogP contribution in [0, 0.1) is 0 Å². The zero-order valence-electron chi connectivity index (χ0n) is 12.1. The fourth-order valence-electron chi connectivity index (χ4n) is 2.30. The van der Waals surface area contributed by atoms with E-state index >= 15 is 0 Å². The van der Waals surface area contributed by atoms with E-state index in [0.29, 0.717) is 6.04 Å². The Morgan fingerprint density at radius 2 is 2.17 bits per heavy atom. The molecular weight excluding hydrogens is 226 g/mol. The van der Waals surface area contributed by atoms with Gasteiger partial charge in [0.2, 0.25) is 0 Å². The zero-order valence-corrected chi connectivity index (χ0v) is 12.1. The summed E-state index contributed by atoms with van der Waals surface area (Å²) in [6.45, 7) is 8.34. The number of ether oxygens (including phenoxy) is 1. The van der Waals surface area contributed by atoms with Crippen LogP contribution in [-0.2, 0) is 17.7 Å². The van der Waals surface area contributed by atoms with Crippen LogP contribution in [0.1, 0.15) is 39.2 Å². The van der Waals surface area contributed by atoms with Crippen LogP contribution in [0.25, 0.3) is 0 Å². The summed E-state index contributed by atoms with van der Waals surface area (Å²) in [5.74, 6) is 0. The first-order chi connectivity index (χ1) is 8.74. The predicted molar refractivity (Wildman–Crippen MR) is 74.8 cm³/mol. The molecule has 0 fully saturated rings. The molecule has 0 bridgehead atoms. The van der Waals surface area contributed by atoms with Crippen molar-refractivity contribution in [3.63, 3.8) is 0 Å². The molecule has 1 rings (SSSR count). The van der Waals surface area contributed by atoms with Gasteiger partial charge in [-0.3, -0.25) is 4.68 Å². The third-order valence-corrected chi connectivity index (χ3v) is 3.26. The van der Waals surface area contributed by atoms with Gasteiger partial charge in [-0.1, -0.05) is 20.3 Å². The highest BCUT2D eigenvalue weighted by atomic mass is 16.5. The van der Waals surface area contributed by atoms with Crippen LogP contribution in [0.2, 0.25) is 0 Å². The second-order valence-corrected chi connectivity index (χ2v) is 4.64. The molecule has 2 unspecified atom stereocenters. The van der Waals surface area contributed by atoms with Crippen molar-refractivity contribution in [2.24, 2.45) is 0 Å². The Balaban J connectivity index is 2.65. The average Bonchev–Trinajstić information content (AvgIpc) is 2.83. The predicted octanol–water partition coefficient (Wildman–Crippen LogP) is 2.24. The molecule has 0 saturated heterocycles. The van der Waals surface area contributed by atoms with Crippen LogP contribution in [0.5, 0.6) is 0 Å². The molecule has 0 aliphatic heterocycles. The van der Waals surface area contributed by atoms with Crippen molar-refractivity contribution in [2.45, 2.75) is 58.7 Å². The van der Waals surface area contributed by atoms with E-state index < -0.39 is 0 Å². The van der Waals surface area contributed by atoms with Gasteiger partial charge < -0.3 is 10.1 Å². The third kappa shape index (κ3) is 4.42. The number of aryl methyl sites for hydroxylation is 1. The average molecular weight is 253 g/mol. The summed E-state index contributed by atoms with van der Waals surface area (Å²) in [7, 11) is 1.81. The van der Waals surface area contributed by atoms with Crippen molar-refractivity contribution in [3.05, 3.63) is 18.0 Å². The Morgan fingerprint density at radius 3 is 2.67 bits per heavy atom. The van der Waals surface area contributed by atoms with Gasteiger partial charge in [0.1, 0.15) is 0 Å². The summed E-state index contributed by atoms with van der Waals surface area (Å²) in [4.78, 5) is 0. The Bertz CT molecular complexity index is 325. The minimum Gasteiger partial charge on any atom is -0.380 e. The maximum atomic E-state index is 5.62. The Morgan fingerprint density at radius 1 is 1.39 bits per heavy atom. The van der Waals surface area contributed by atoms with E-state index in [1.165, 1.54) is 5.56 Å². The van der Waals surface area contributed by atoms with Crippen molar-refractivity contribution in [2.75, 3.05) is 13.7 Å². The second-order valence-electron chi connectivity index (χ2n) is 4.64. The van der Waals surface area contributed by atoms with E-state index in [-0.39, 0.29) is 6.10 Å². The summed E-state index contributed by atoms with van der Waals surface area (Å²) in [5, 5.41) is 7.86. The lowest BCUT2D eigenvalue weighted by Gasteiger charge is -2.26. The van der Waals surface area contributed by atoms with E-state index in [2.05, 4.69) is 37.4 Å². The number of hydrogen-bond acceptors (Lipinski definition) is 3. The van der Waals surface area contributed by atoms with Crippen molar-refractivity contribution in [3.8, 4) is 0 Å². The summed E-state index contributed by atoms with van der Waals surface area (Å²) >= 11 is 0. The molecule has 1 aromatic rings. The number of rotatable bonds is 9. The number of methoxy groups -OCH3 is 1. The molecule has 104 valence electrons. The number of likely N-dealkylation sites (N-methyl/N-ethyl adjacent to an activating group) is 1. The van der Waals surface area contributed by atoms with E-state index in [1.807, 2.05) is 10.9 Å². The van der Waals surface area contributed by atoms with E-state index in [9.17, 15) is 0 Å². The normalized spacial score (nSPS) is 14.7. The standard InChI is InChI=1S/C14H27N3O/c1-5-8-14(18-4)13(15-6-2)9-12-10-16-17(7-3)11-12/h10-11,13-15H,5-9H2,1-4H3.